The van der Waals surface area contributed by atoms with Gasteiger partial charge in [-0.25, -0.2) is 4.79 Å². The standard InChI is InChI=1S/C15H23N3O.ClH/c1-12-2-4-14(5-3-12)17-15(19)18-10-7-13(6-9-16)8-11-18;/h2-5,13H,6-11,16H2,1H3,(H,17,19);1H. The molecule has 4 nitrogen and oxygen atoms in total. The predicted octanol–water partition coefficient (Wildman–Crippen LogP) is 3.01. The Balaban J connectivity index is 0.00000200. The van der Waals surface area contributed by atoms with Crippen LogP contribution in [0.3, 0.4) is 0 Å². The molecule has 0 aromatic heterocycles. The van der Waals surface area contributed by atoms with Gasteiger partial charge in [-0.05, 0) is 50.8 Å². The highest BCUT2D eigenvalue weighted by Gasteiger charge is 2.22. The first kappa shape index (κ1) is 16.8. The molecule has 0 aliphatic carbocycles. The largest absolute Gasteiger partial charge is 0.330 e. The number of carbonyl (C=O) groups excluding carboxylic acids is 1. The second-order valence-electron chi connectivity index (χ2n) is 5.30. The van der Waals surface area contributed by atoms with Crippen molar-refractivity contribution < 1.29 is 4.79 Å². The number of nitrogens with zero attached hydrogens (tertiary/aromatic N) is 1. The van der Waals surface area contributed by atoms with E-state index in [1.54, 1.807) is 0 Å². The summed E-state index contributed by atoms with van der Waals surface area (Å²) in [6.45, 7) is 4.46. The lowest BCUT2D eigenvalue weighted by Crippen LogP contribution is -2.41. The molecule has 0 spiro atoms. The molecule has 20 heavy (non-hydrogen) atoms. The fourth-order valence-corrected chi connectivity index (χ4v) is 2.50. The molecular weight excluding hydrogens is 274 g/mol. The lowest BCUT2D eigenvalue weighted by Gasteiger charge is -2.31. The van der Waals surface area contributed by atoms with Crippen LogP contribution in [0.15, 0.2) is 24.3 Å². The van der Waals surface area contributed by atoms with Crippen LogP contribution in [-0.2, 0) is 0 Å². The minimum Gasteiger partial charge on any atom is -0.330 e. The Kier molecular flexibility index (Phi) is 6.82. The number of benzene rings is 1. The highest BCUT2D eigenvalue weighted by molar-refractivity contribution is 5.89. The molecule has 2 rings (SSSR count). The Morgan fingerprint density at radius 3 is 2.45 bits per heavy atom. The summed E-state index contributed by atoms with van der Waals surface area (Å²) >= 11 is 0. The SMILES string of the molecule is Cc1ccc(NC(=O)N2CCC(CCN)CC2)cc1.Cl. The van der Waals surface area contributed by atoms with Gasteiger partial charge >= 0.3 is 6.03 Å². The molecule has 3 N–H and O–H groups in total. The van der Waals surface area contributed by atoms with E-state index in [4.69, 9.17) is 5.73 Å². The van der Waals surface area contributed by atoms with E-state index in [2.05, 4.69) is 5.32 Å². The Labute approximate surface area is 127 Å². The monoisotopic (exact) mass is 297 g/mol. The van der Waals surface area contributed by atoms with E-state index >= 15 is 0 Å². The number of carbonyl (C=O) groups is 1. The van der Waals surface area contributed by atoms with Gasteiger partial charge in [-0.1, -0.05) is 17.7 Å². The van der Waals surface area contributed by atoms with Crippen molar-refractivity contribution in [3.8, 4) is 0 Å². The first-order chi connectivity index (χ1) is 9.19. The van der Waals surface area contributed by atoms with E-state index in [9.17, 15) is 4.79 Å². The molecule has 1 fully saturated rings. The molecular formula is C15H24ClN3O. The molecule has 112 valence electrons. The number of nitrogens with two attached hydrogens (primary N) is 1. The summed E-state index contributed by atoms with van der Waals surface area (Å²) in [5.74, 6) is 0.688. The molecule has 5 heteroatoms. The van der Waals surface area contributed by atoms with E-state index in [0.717, 1.165) is 44.6 Å². The van der Waals surface area contributed by atoms with Crippen LogP contribution in [0.5, 0.6) is 0 Å². The number of likely N-dealkylation sites (tertiary alicyclic amines) is 1. The summed E-state index contributed by atoms with van der Waals surface area (Å²) in [4.78, 5) is 14.0. The minimum absolute atomic E-state index is 0. The quantitative estimate of drug-likeness (QED) is 0.901. The average Bonchev–Trinajstić information content (AvgIpc) is 2.42. The molecule has 0 unspecified atom stereocenters. The van der Waals surface area contributed by atoms with E-state index in [1.807, 2.05) is 36.1 Å². The number of rotatable bonds is 3. The molecule has 0 atom stereocenters. The topological polar surface area (TPSA) is 58.4 Å². The van der Waals surface area contributed by atoms with E-state index < -0.39 is 0 Å². The van der Waals surface area contributed by atoms with Crippen molar-refractivity contribution >= 4 is 24.1 Å². The average molecular weight is 298 g/mol. The normalized spacial score (nSPS) is 15.6. The van der Waals surface area contributed by atoms with Crippen LogP contribution in [0, 0.1) is 12.8 Å². The van der Waals surface area contributed by atoms with Gasteiger partial charge in [0, 0.05) is 18.8 Å². The zero-order chi connectivity index (χ0) is 13.7. The number of urea groups is 1. The van der Waals surface area contributed by atoms with Crippen LogP contribution in [0.4, 0.5) is 10.5 Å². The van der Waals surface area contributed by atoms with Crippen molar-refractivity contribution in [1.82, 2.24) is 4.90 Å². The third kappa shape index (κ3) is 4.69. The van der Waals surface area contributed by atoms with E-state index in [-0.39, 0.29) is 18.4 Å². The molecule has 1 aromatic rings. The summed E-state index contributed by atoms with van der Waals surface area (Å²) in [7, 11) is 0. The number of piperidine rings is 1. The predicted molar refractivity (Wildman–Crippen MR) is 85.4 cm³/mol. The fraction of sp³-hybridized carbons (Fsp3) is 0.533. The lowest BCUT2D eigenvalue weighted by atomic mass is 9.94. The smallest absolute Gasteiger partial charge is 0.321 e. The van der Waals surface area contributed by atoms with Crippen molar-refractivity contribution in [2.45, 2.75) is 26.2 Å². The first-order valence-electron chi connectivity index (χ1n) is 7.01. The van der Waals surface area contributed by atoms with Crippen LogP contribution >= 0.6 is 12.4 Å². The molecule has 1 aliphatic rings. The fourth-order valence-electron chi connectivity index (χ4n) is 2.50. The zero-order valence-corrected chi connectivity index (χ0v) is 12.8. The number of anilines is 1. The minimum atomic E-state index is 0. The highest BCUT2D eigenvalue weighted by Crippen LogP contribution is 2.20. The van der Waals surface area contributed by atoms with Crippen LogP contribution in [0.25, 0.3) is 0 Å². The second kappa shape index (κ2) is 8.12. The number of aryl methyl sites for hydroxylation is 1. The number of halogens is 1. The molecule has 0 bridgehead atoms. The Bertz CT molecular complexity index is 414. The Morgan fingerprint density at radius 1 is 1.30 bits per heavy atom. The summed E-state index contributed by atoms with van der Waals surface area (Å²) in [5, 5.41) is 2.95. The molecule has 0 radical (unpaired) electrons. The maximum atomic E-state index is 12.1. The summed E-state index contributed by atoms with van der Waals surface area (Å²) in [6, 6.07) is 7.89. The van der Waals surface area contributed by atoms with Crippen molar-refractivity contribution in [1.29, 1.82) is 0 Å². The van der Waals surface area contributed by atoms with Crippen molar-refractivity contribution in [3.63, 3.8) is 0 Å². The van der Waals surface area contributed by atoms with Crippen LogP contribution < -0.4 is 11.1 Å². The maximum absolute atomic E-state index is 12.1. The molecule has 1 aromatic carbocycles. The van der Waals surface area contributed by atoms with Gasteiger partial charge in [-0.15, -0.1) is 12.4 Å². The van der Waals surface area contributed by atoms with Gasteiger partial charge in [0.1, 0.15) is 0 Å². The van der Waals surface area contributed by atoms with Crippen molar-refractivity contribution in [2.24, 2.45) is 11.7 Å². The Morgan fingerprint density at radius 2 is 1.90 bits per heavy atom. The Hall–Kier alpha value is -1.26. The van der Waals surface area contributed by atoms with Crippen LogP contribution in [0.2, 0.25) is 0 Å². The third-order valence-corrected chi connectivity index (χ3v) is 3.78. The summed E-state index contributed by atoms with van der Waals surface area (Å²) in [5.41, 5.74) is 7.63. The van der Waals surface area contributed by atoms with Crippen LogP contribution in [-0.4, -0.2) is 30.6 Å². The summed E-state index contributed by atoms with van der Waals surface area (Å²) < 4.78 is 0. The van der Waals surface area contributed by atoms with Gasteiger partial charge < -0.3 is 16.0 Å². The molecule has 1 aliphatic heterocycles. The first-order valence-corrected chi connectivity index (χ1v) is 7.01. The van der Waals surface area contributed by atoms with Gasteiger partial charge in [0.2, 0.25) is 0 Å². The second-order valence-corrected chi connectivity index (χ2v) is 5.30. The molecule has 2 amide bonds. The number of hydrogen-bond donors (Lipinski definition) is 2. The van der Waals surface area contributed by atoms with Gasteiger partial charge in [0.15, 0.2) is 0 Å². The van der Waals surface area contributed by atoms with Crippen LogP contribution in [0.1, 0.15) is 24.8 Å². The van der Waals surface area contributed by atoms with Crippen molar-refractivity contribution in [3.05, 3.63) is 29.8 Å². The summed E-state index contributed by atoms with van der Waals surface area (Å²) in [6.07, 6.45) is 3.21. The molecule has 0 saturated carbocycles. The van der Waals surface area contributed by atoms with Gasteiger partial charge in [0.05, 0.1) is 0 Å². The number of amides is 2. The zero-order valence-electron chi connectivity index (χ0n) is 12.0. The van der Waals surface area contributed by atoms with E-state index in [0.29, 0.717) is 5.92 Å². The number of nitrogens with one attached hydrogen (secondary N) is 1. The van der Waals surface area contributed by atoms with Gasteiger partial charge in [-0.2, -0.15) is 0 Å². The third-order valence-electron chi connectivity index (χ3n) is 3.78. The lowest BCUT2D eigenvalue weighted by molar-refractivity contribution is 0.180. The van der Waals surface area contributed by atoms with E-state index in [1.165, 1.54) is 5.56 Å². The van der Waals surface area contributed by atoms with Crippen molar-refractivity contribution in [2.75, 3.05) is 25.0 Å². The molecule has 1 saturated heterocycles. The molecule has 1 heterocycles. The highest BCUT2D eigenvalue weighted by atomic mass is 35.5. The number of hydrogen-bond acceptors (Lipinski definition) is 2. The van der Waals surface area contributed by atoms with Gasteiger partial charge in [0.25, 0.3) is 0 Å². The maximum Gasteiger partial charge on any atom is 0.321 e. The van der Waals surface area contributed by atoms with Gasteiger partial charge in [-0.3, -0.25) is 0 Å².